The molecule has 4 aromatic rings. The zero-order valence-corrected chi connectivity index (χ0v) is 29.1. The summed E-state index contributed by atoms with van der Waals surface area (Å²) in [5.74, 6) is 0.627. The van der Waals surface area contributed by atoms with E-state index in [1.54, 1.807) is 25.1 Å². The van der Waals surface area contributed by atoms with Crippen molar-refractivity contribution >= 4 is 91.8 Å². The van der Waals surface area contributed by atoms with Crippen molar-refractivity contribution in [3.63, 3.8) is 0 Å². The van der Waals surface area contributed by atoms with E-state index in [4.69, 9.17) is 37.4 Å². The van der Waals surface area contributed by atoms with Gasteiger partial charge in [-0.15, -0.1) is 0 Å². The van der Waals surface area contributed by atoms with Crippen LogP contribution in [0.3, 0.4) is 0 Å². The van der Waals surface area contributed by atoms with Crippen LogP contribution in [0.5, 0.6) is 11.5 Å². The van der Waals surface area contributed by atoms with Crippen LogP contribution in [0.25, 0.3) is 6.08 Å². The molecule has 216 valence electrons. The summed E-state index contributed by atoms with van der Waals surface area (Å²) in [6.07, 6.45) is 1.81. The lowest BCUT2D eigenvalue weighted by Gasteiger charge is -2.25. The maximum atomic E-state index is 14.0. The number of hydrogen-bond acceptors (Lipinski definition) is 7. The van der Waals surface area contributed by atoms with E-state index in [0.717, 1.165) is 24.0 Å². The minimum absolute atomic E-state index is 0.237. The number of thiazole rings is 1. The molecule has 0 unspecified atom stereocenters. The molecule has 0 fully saturated rings. The number of fused-ring (bicyclic) bond motifs is 1. The second-order valence-electron chi connectivity index (χ2n) is 9.15. The van der Waals surface area contributed by atoms with Crippen molar-refractivity contribution in [2.45, 2.75) is 19.6 Å². The van der Waals surface area contributed by atoms with E-state index < -0.39 is 12.0 Å². The van der Waals surface area contributed by atoms with Gasteiger partial charge in [-0.25, -0.2) is 9.79 Å². The van der Waals surface area contributed by atoms with Crippen molar-refractivity contribution in [2.75, 3.05) is 14.2 Å². The summed E-state index contributed by atoms with van der Waals surface area (Å²) in [5, 5.41) is 1.08. The van der Waals surface area contributed by atoms with Crippen LogP contribution in [0.1, 0.15) is 29.7 Å². The topological polar surface area (TPSA) is 79.1 Å². The number of allylic oxidation sites excluding steroid dienone is 1. The van der Waals surface area contributed by atoms with Crippen LogP contribution in [0.4, 0.5) is 0 Å². The Morgan fingerprint density at radius 2 is 1.81 bits per heavy atom. The average Bonchev–Trinajstić information content (AvgIpc) is 3.26. The Labute approximate surface area is 282 Å². The first-order valence-corrected chi connectivity index (χ1v) is 16.2. The third-order valence-corrected chi connectivity index (χ3v) is 9.75. The predicted molar refractivity (Wildman–Crippen MR) is 181 cm³/mol. The van der Waals surface area contributed by atoms with Crippen LogP contribution in [0.15, 0.2) is 75.7 Å². The second kappa shape index (κ2) is 13.1. The molecule has 12 heteroatoms. The van der Waals surface area contributed by atoms with E-state index in [0.29, 0.717) is 43.0 Å². The van der Waals surface area contributed by atoms with Gasteiger partial charge in [0.1, 0.15) is 24.1 Å². The third-order valence-electron chi connectivity index (χ3n) is 6.56. The number of ether oxygens (including phenoxy) is 3. The first-order chi connectivity index (χ1) is 20.1. The minimum atomic E-state index is -0.842. The number of esters is 1. The number of hydrogen-bond donors (Lipinski definition) is 0. The van der Waals surface area contributed by atoms with Gasteiger partial charge in [0.2, 0.25) is 0 Å². The molecule has 0 N–H and O–H groups in total. The van der Waals surface area contributed by atoms with Crippen LogP contribution >= 0.6 is 79.7 Å². The Kier molecular flexibility index (Phi) is 9.67. The predicted octanol–water partition coefficient (Wildman–Crippen LogP) is 6.51. The normalized spacial score (nSPS) is 14.8. The van der Waals surface area contributed by atoms with Gasteiger partial charge in [-0.1, -0.05) is 52.7 Å². The van der Waals surface area contributed by atoms with E-state index in [-0.39, 0.29) is 11.1 Å². The molecule has 42 heavy (non-hydrogen) atoms. The van der Waals surface area contributed by atoms with Crippen molar-refractivity contribution in [2.24, 2.45) is 4.99 Å². The third kappa shape index (κ3) is 6.14. The van der Waals surface area contributed by atoms with Gasteiger partial charge >= 0.3 is 5.97 Å². The highest BCUT2D eigenvalue weighted by Gasteiger charge is 2.35. The highest BCUT2D eigenvalue weighted by atomic mass is 127. The number of carbonyl (C=O) groups is 1. The quantitative estimate of drug-likeness (QED) is 0.157. The number of rotatable bonds is 7. The Balaban J connectivity index is 1.60. The van der Waals surface area contributed by atoms with Crippen molar-refractivity contribution in [3.05, 3.63) is 119 Å². The molecule has 0 saturated heterocycles. The Hall–Kier alpha value is -2.39. The smallest absolute Gasteiger partial charge is 0.338 e. The fourth-order valence-electron chi connectivity index (χ4n) is 4.62. The van der Waals surface area contributed by atoms with Gasteiger partial charge < -0.3 is 14.2 Å². The second-order valence-corrected chi connectivity index (χ2v) is 13.3. The first-order valence-electron chi connectivity index (χ1n) is 12.4. The maximum Gasteiger partial charge on any atom is 0.338 e. The number of aromatic nitrogens is 1. The van der Waals surface area contributed by atoms with Gasteiger partial charge in [0.15, 0.2) is 4.80 Å². The fraction of sp³-hybridized carbons (Fsp3) is 0.167. The molecule has 3 aromatic carbocycles. The Morgan fingerprint density at radius 1 is 1.10 bits per heavy atom. The van der Waals surface area contributed by atoms with Crippen molar-refractivity contribution < 1.29 is 19.0 Å². The van der Waals surface area contributed by atoms with E-state index >= 15 is 0 Å². The fourth-order valence-corrected chi connectivity index (χ4v) is 8.17. The summed E-state index contributed by atoms with van der Waals surface area (Å²) in [4.78, 5) is 32.0. The van der Waals surface area contributed by atoms with Crippen LogP contribution < -0.4 is 24.4 Å². The highest BCUT2D eigenvalue weighted by molar-refractivity contribution is 14.1. The molecule has 0 saturated carbocycles. The summed E-state index contributed by atoms with van der Waals surface area (Å²) in [5.41, 5.74) is 2.65. The summed E-state index contributed by atoms with van der Waals surface area (Å²) >= 11 is 18.3. The van der Waals surface area contributed by atoms with Gasteiger partial charge in [-0.3, -0.25) is 9.36 Å². The molecule has 0 aliphatic carbocycles. The Bertz CT molecular complexity index is 1910. The minimum Gasteiger partial charge on any atom is -0.496 e. The van der Waals surface area contributed by atoms with E-state index in [9.17, 15) is 9.59 Å². The largest absolute Gasteiger partial charge is 0.496 e. The zero-order valence-electron chi connectivity index (χ0n) is 22.4. The highest BCUT2D eigenvalue weighted by Crippen LogP contribution is 2.37. The molecule has 0 spiro atoms. The van der Waals surface area contributed by atoms with Gasteiger partial charge in [-0.2, -0.15) is 0 Å². The molecule has 7 nitrogen and oxygen atoms in total. The van der Waals surface area contributed by atoms with Gasteiger partial charge in [0, 0.05) is 21.2 Å². The van der Waals surface area contributed by atoms with E-state index in [1.807, 2.05) is 42.5 Å². The number of benzene rings is 3. The SMILES string of the molecule is COC(=O)C1=C(C)N=c2s/c(=C\c3cc(I)c(OCc4ccccc4Cl)c(I)c3)c(=O)n2[C@@H]1c1cc(Cl)ccc1OC. The van der Waals surface area contributed by atoms with Crippen LogP contribution in [-0.4, -0.2) is 24.8 Å². The number of carbonyl (C=O) groups excluding carboxylic acids is 1. The van der Waals surface area contributed by atoms with Gasteiger partial charge in [-0.05, 0) is 100 Å². The summed E-state index contributed by atoms with van der Waals surface area (Å²) in [6.45, 7) is 2.05. The van der Waals surface area contributed by atoms with Gasteiger partial charge in [0.25, 0.3) is 5.56 Å². The maximum absolute atomic E-state index is 14.0. The summed E-state index contributed by atoms with van der Waals surface area (Å²) in [7, 11) is 2.82. The number of halogens is 4. The van der Waals surface area contributed by atoms with Crippen molar-refractivity contribution in [1.29, 1.82) is 0 Å². The molecule has 5 rings (SSSR count). The summed E-state index contributed by atoms with van der Waals surface area (Å²) in [6, 6.07) is 15.7. The number of methoxy groups -OCH3 is 2. The lowest BCUT2D eigenvalue weighted by atomic mass is 9.95. The molecule has 0 amide bonds. The molecular formula is C30H22Cl2I2N2O5S. The lowest BCUT2D eigenvalue weighted by Crippen LogP contribution is -2.40. The molecule has 0 radical (unpaired) electrons. The monoisotopic (exact) mass is 846 g/mol. The molecule has 1 aliphatic heterocycles. The molecule has 1 aromatic heterocycles. The van der Waals surface area contributed by atoms with Crippen molar-refractivity contribution in [3.8, 4) is 11.5 Å². The zero-order chi connectivity index (χ0) is 30.1. The molecule has 2 heterocycles. The molecule has 0 bridgehead atoms. The standard InChI is InChI=1S/C30H22Cl2I2N2O5S/c1-15-25(29(38)40-3)26(19-13-18(31)8-9-23(19)39-2)36-28(37)24(42-30(36)35-15)12-16-10-21(33)27(22(34)11-16)41-14-17-6-4-5-7-20(17)32/h4-13,26H,14H2,1-3H3/b24-12-/t26-/m1/s1. The number of nitrogens with zero attached hydrogens (tertiary/aromatic N) is 2. The van der Waals surface area contributed by atoms with Crippen LogP contribution in [0.2, 0.25) is 10.0 Å². The molecular weight excluding hydrogens is 825 g/mol. The average molecular weight is 847 g/mol. The van der Waals surface area contributed by atoms with E-state index in [1.165, 1.54) is 30.1 Å². The summed E-state index contributed by atoms with van der Waals surface area (Å²) < 4.78 is 20.5. The van der Waals surface area contributed by atoms with Crippen molar-refractivity contribution in [1.82, 2.24) is 4.57 Å². The molecule has 1 aliphatic rings. The van der Waals surface area contributed by atoms with E-state index in [2.05, 4.69) is 50.2 Å². The lowest BCUT2D eigenvalue weighted by molar-refractivity contribution is -0.136. The Morgan fingerprint density at radius 3 is 2.48 bits per heavy atom. The van der Waals surface area contributed by atoms with Crippen LogP contribution in [-0.2, 0) is 16.1 Å². The van der Waals surface area contributed by atoms with Gasteiger partial charge in [0.05, 0.1) is 37.2 Å². The molecule has 1 atom stereocenters. The first kappa shape index (κ1) is 31.0. The van der Waals surface area contributed by atoms with Crippen LogP contribution in [0, 0.1) is 7.14 Å².